The molecule has 0 fully saturated rings. The number of hydrogen-bond donors (Lipinski definition) is 2. The van der Waals surface area contributed by atoms with E-state index in [1.165, 1.54) is 16.8 Å². The molecule has 108 valence electrons. The van der Waals surface area contributed by atoms with Gasteiger partial charge in [-0.3, -0.25) is 16.0 Å². The first-order chi connectivity index (χ1) is 9.67. The van der Waals surface area contributed by atoms with Crippen LogP contribution in [0.5, 0.6) is 0 Å². The van der Waals surface area contributed by atoms with Gasteiger partial charge in [-0.15, -0.1) is 0 Å². The first-order valence-electron chi connectivity index (χ1n) is 7.24. The lowest BCUT2D eigenvalue weighted by Gasteiger charge is -2.16. The van der Waals surface area contributed by atoms with Crippen LogP contribution in [-0.2, 0) is 26.3 Å². The van der Waals surface area contributed by atoms with Gasteiger partial charge in [0.2, 0.25) is 0 Å². The van der Waals surface area contributed by atoms with Crippen LogP contribution in [0.1, 0.15) is 42.4 Å². The van der Waals surface area contributed by atoms with E-state index in [1.54, 1.807) is 0 Å². The minimum absolute atomic E-state index is 0.112. The summed E-state index contributed by atoms with van der Waals surface area (Å²) < 4.78 is 1.95. The molecular weight excluding hydrogens is 248 g/mol. The SMILES string of the molecule is CCc1ccc(C(Cc2cc(CC)nn2C)NN)cc1. The van der Waals surface area contributed by atoms with Gasteiger partial charge in [0.05, 0.1) is 11.7 Å². The third kappa shape index (κ3) is 3.26. The van der Waals surface area contributed by atoms with E-state index >= 15 is 0 Å². The van der Waals surface area contributed by atoms with Gasteiger partial charge in [-0.25, -0.2) is 0 Å². The summed E-state index contributed by atoms with van der Waals surface area (Å²) in [5.74, 6) is 5.73. The molecule has 0 spiro atoms. The maximum absolute atomic E-state index is 5.73. The van der Waals surface area contributed by atoms with Crippen LogP contribution in [0.3, 0.4) is 0 Å². The third-order valence-electron chi connectivity index (χ3n) is 3.79. The monoisotopic (exact) mass is 272 g/mol. The molecule has 0 aliphatic heterocycles. The van der Waals surface area contributed by atoms with Crippen LogP contribution < -0.4 is 11.3 Å². The smallest absolute Gasteiger partial charge is 0.0624 e. The topological polar surface area (TPSA) is 55.9 Å². The molecule has 4 nitrogen and oxygen atoms in total. The van der Waals surface area contributed by atoms with E-state index in [-0.39, 0.29) is 6.04 Å². The van der Waals surface area contributed by atoms with Gasteiger partial charge in [0, 0.05) is 19.2 Å². The molecule has 0 aliphatic carbocycles. The van der Waals surface area contributed by atoms with Gasteiger partial charge in [-0.1, -0.05) is 38.1 Å². The molecule has 2 aromatic rings. The van der Waals surface area contributed by atoms with E-state index in [0.717, 1.165) is 25.0 Å². The molecule has 0 amide bonds. The van der Waals surface area contributed by atoms with Crippen molar-refractivity contribution in [3.63, 3.8) is 0 Å². The van der Waals surface area contributed by atoms with Crippen LogP contribution >= 0.6 is 0 Å². The van der Waals surface area contributed by atoms with E-state index in [2.05, 4.69) is 54.7 Å². The summed E-state index contributed by atoms with van der Waals surface area (Å²) in [5.41, 5.74) is 7.80. The molecule has 1 aromatic carbocycles. The van der Waals surface area contributed by atoms with Gasteiger partial charge >= 0.3 is 0 Å². The number of hydrazine groups is 1. The van der Waals surface area contributed by atoms with Crippen LogP contribution in [0.25, 0.3) is 0 Å². The average Bonchev–Trinajstić information content (AvgIpc) is 2.85. The fourth-order valence-corrected chi connectivity index (χ4v) is 2.40. The molecular formula is C16H24N4. The second-order valence-electron chi connectivity index (χ2n) is 5.12. The normalized spacial score (nSPS) is 12.6. The molecule has 1 atom stereocenters. The fraction of sp³-hybridized carbons (Fsp3) is 0.438. The Balaban J connectivity index is 2.16. The van der Waals surface area contributed by atoms with Crippen molar-refractivity contribution in [1.29, 1.82) is 0 Å². The second-order valence-corrected chi connectivity index (χ2v) is 5.12. The largest absolute Gasteiger partial charge is 0.272 e. The number of nitrogens with two attached hydrogens (primary N) is 1. The van der Waals surface area contributed by atoms with Crippen molar-refractivity contribution < 1.29 is 0 Å². The number of nitrogens with one attached hydrogen (secondary N) is 1. The summed E-state index contributed by atoms with van der Waals surface area (Å²) in [6.07, 6.45) is 2.85. The highest BCUT2D eigenvalue weighted by Gasteiger charge is 2.13. The summed E-state index contributed by atoms with van der Waals surface area (Å²) in [5, 5.41) is 4.49. The minimum atomic E-state index is 0.112. The Kier molecular flexibility index (Phi) is 4.93. The summed E-state index contributed by atoms with van der Waals surface area (Å²) in [7, 11) is 1.99. The van der Waals surface area contributed by atoms with Gasteiger partial charge in [-0.05, 0) is 30.0 Å². The lowest BCUT2D eigenvalue weighted by molar-refractivity contribution is 0.530. The first-order valence-corrected chi connectivity index (χ1v) is 7.24. The lowest BCUT2D eigenvalue weighted by Crippen LogP contribution is -2.30. The summed E-state index contributed by atoms with van der Waals surface area (Å²) in [6.45, 7) is 4.28. The summed E-state index contributed by atoms with van der Waals surface area (Å²) in [4.78, 5) is 0. The zero-order chi connectivity index (χ0) is 14.5. The molecule has 20 heavy (non-hydrogen) atoms. The van der Waals surface area contributed by atoms with Gasteiger partial charge < -0.3 is 0 Å². The van der Waals surface area contributed by atoms with Crippen molar-refractivity contribution in [3.05, 3.63) is 52.8 Å². The molecule has 1 heterocycles. The Morgan fingerprint density at radius 1 is 1.20 bits per heavy atom. The quantitative estimate of drug-likeness (QED) is 0.626. The van der Waals surface area contributed by atoms with Crippen molar-refractivity contribution in [1.82, 2.24) is 15.2 Å². The standard InChI is InChI=1S/C16H24N4/c1-4-12-6-8-13(9-7-12)16(18-17)11-15-10-14(5-2)19-20(15)3/h6-10,16,18H,4-5,11,17H2,1-3H3. The Labute approximate surface area is 121 Å². The number of rotatable bonds is 6. The number of benzene rings is 1. The fourth-order valence-electron chi connectivity index (χ4n) is 2.40. The highest BCUT2D eigenvalue weighted by molar-refractivity contribution is 5.26. The van der Waals surface area contributed by atoms with E-state index in [4.69, 9.17) is 5.84 Å². The van der Waals surface area contributed by atoms with Gasteiger partial charge in [0.15, 0.2) is 0 Å². The van der Waals surface area contributed by atoms with Crippen LogP contribution in [0, 0.1) is 0 Å². The van der Waals surface area contributed by atoms with Crippen molar-refractivity contribution in [2.75, 3.05) is 0 Å². The third-order valence-corrected chi connectivity index (χ3v) is 3.79. The Morgan fingerprint density at radius 3 is 2.40 bits per heavy atom. The zero-order valence-electron chi connectivity index (χ0n) is 12.6. The minimum Gasteiger partial charge on any atom is -0.272 e. The van der Waals surface area contributed by atoms with Crippen LogP contribution in [0.15, 0.2) is 30.3 Å². The van der Waals surface area contributed by atoms with Crippen LogP contribution in [0.2, 0.25) is 0 Å². The predicted molar refractivity (Wildman–Crippen MR) is 82.2 cm³/mol. The highest BCUT2D eigenvalue weighted by Crippen LogP contribution is 2.19. The van der Waals surface area contributed by atoms with Gasteiger partial charge in [0.25, 0.3) is 0 Å². The highest BCUT2D eigenvalue weighted by atomic mass is 15.3. The Bertz CT molecular complexity index is 542. The number of aryl methyl sites for hydroxylation is 3. The van der Waals surface area contributed by atoms with Gasteiger partial charge in [0.1, 0.15) is 0 Å². The lowest BCUT2D eigenvalue weighted by atomic mass is 10.0. The molecule has 2 rings (SSSR count). The Morgan fingerprint density at radius 2 is 1.90 bits per heavy atom. The molecule has 3 N–H and O–H groups in total. The van der Waals surface area contributed by atoms with Crippen molar-refractivity contribution in [3.8, 4) is 0 Å². The van der Waals surface area contributed by atoms with E-state index in [0.29, 0.717) is 0 Å². The molecule has 4 heteroatoms. The van der Waals surface area contributed by atoms with Crippen molar-refractivity contribution >= 4 is 0 Å². The van der Waals surface area contributed by atoms with E-state index in [1.807, 2.05) is 11.7 Å². The zero-order valence-corrected chi connectivity index (χ0v) is 12.6. The van der Waals surface area contributed by atoms with Crippen molar-refractivity contribution in [2.24, 2.45) is 12.9 Å². The first kappa shape index (κ1) is 14.8. The molecule has 1 unspecified atom stereocenters. The molecule has 0 saturated heterocycles. The average molecular weight is 272 g/mol. The second kappa shape index (κ2) is 6.68. The number of hydrogen-bond acceptors (Lipinski definition) is 3. The number of aromatic nitrogens is 2. The summed E-state index contributed by atoms with van der Waals surface area (Å²) in [6, 6.07) is 10.9. The predicted octanol–water partition coefficient (Wildman–Crippen LogP) is 2.29. The van der Waals surface area contributed by atoms with E-state index < -0.39 is 0 Å². The van der Waals surface area contributed by atoms with Crippen LogP contribution in [0.4, 0.5) is 0 Å². The molecule has 0 aliphatic rings. The number of nitrogens with zero attached hydrogens (tertiary/aromatic N) is 2. The molecule has 0 bridgehead atoms. The van der Waals surface area contributed by atoms with Crippen LogP contribution in [-0.4, -0.2) is 9.78 Å². The molecule has 0 radical (unpaired) electrons. The maximum Gasteiger partial charge on any atom is 0.0624 e. The van der Waals surface area contributed by atoms with E-state index in [9.17, 15) is 0 Å². The summed E-state index contributed by atoms with van der Waals surface area (Å²) >= 11 is 0. The Hall–Kier alpha value is -1.65. The van der Waals surface area contributed by atoms with Crippen molar-refractivity contribution in [2.45, 2.75) is 39.2 Å². The maximum atomic E-state index is 5.73. The molecule has 0 saturated carbocycles. The van der Waals surface area contributed by atoms with Gasteiger partial charge in [-0.2, -0.15) is 5.10 Å². The molecule has 1 aromatic heterocycles.